The lowest BCUT2D eigenvalue weighted by Gasteiger charge is -2.27. The number of carboxylic acid groups (broad SMARTS) is 1. The van der Waals surface area contributed by atoms with E-state index >= 15 is 0 Å². The second kappa shape index (κ2) is 6.71. The van der Waals surface area contributed by atoms with Gasteiger partial charge in [-0.25, -0.2) is 0 Å². The van der Waals surface area contributed by atoms with Gasteiger partial charge >= 0.3 is 5.97 Å². The molecule has 1 heterocycles. The van der Waals surface area contributed by atoms with Gasteiger partial charge < -0.3 is 15.3 Å². The minimum atomic E-state index is -0.773. The van der Waals surface area contributed by atoms with Crippen molar-refractivity contribution >= 4 is 5.97 Å². The van der Waals surface area contributed by atoms with E-state index in [1.54, 1.807) is 6.92 Å². The zero-order chi connectivity index (χ0) is 14.5. The Morgan fingerprint density at radius 2 is 2.16 bits per heavy atom. The second-order valence-electron chi connectivity index (χ2n) is 6.86. The molecule has 0 radical (unpaired) electrons. The van der Waals surface area contributed by atoms with Crippen LogP contribution >= 0.6 is 0 Å². The minimum absolute atomic E-state index is 0.427. The van der Waals surface area contributed by atoms with E-state index in [0.717, 1.165) is 39.0 Å². The molecule has 0 saturated carbocycles. The van der Waals surface area contributed by atoms with Crippen molar-refractivity contribution in [3.63, 3.8) is 0 Å². The van der Waals surface area contributed by atoms with Gasteiger partial charge in [0, 0.05) is 6.54 Å². The van der Waals surface area contributed by atoms with Crippen LogP contribution in [0.1, 0.15) is 53.4 Å². The molecule has 0 aliphatic carbocycles. The van der Waals surface area contributed by atoms with Crippen molar-refractivity contribution in [3.05, 3.63) is 0 Å². The molecule has 1 saturated heterocycles. The lowest BCUT2D eigenvalue weighted by atomic mass is 9.93. The molecule has 1 rings (SSSR count). The zero-order valence-electron chi connectivity index (χ0n) is 13.0. The Morgan fingerprint density at radius 3 is 2.63 bits per heavy atom. The topological polar surface area (TPSA) is 52.6 Å². The number of carbonyl (C=O) groups is 1. The highest BCUT2D eigenvalue weighted by Gasteiger charge is 2.33. The molecule has 1 aliphatic heterocycles. The fourth-order valence-corrected chi connectivity index (χ4v) is 2.74. The van der Waals surface area contributed by atoms with Gasteiger partial charge in [0.2, 0.25) is 0 Å². The summed E-state index contributed by atoms with van der Waals surface area (Å²) in [5, 5.41) is 12.5. The summed E-state index contributed by atoms with van der Waals surface area (Å²) in [4.78, 5) is 13.8. The van der Waals surface area contributed by atoms with Gasteiger partial charge in [-0.05, 0) is 57.7 Å². The Labute approximate surface area is 117 Å². The van der Waals surface area contributed by atoms with Gasteiger partial charge in [0.25, 0.3) is 0 Å². The van der Waals surface area contributed by atoms with Crippen molar-refractivity contribution in [1.82, 2.24) is 10.2 Å². The van der Waals surface area contributed by atoms with Gasteiger partial charge in [0.1, 0.15) is 5.54 Å². The van der Waals surface area contributed by atoms with Crippen LogP contribution in [0.25, 0.3) is 0 Å². The van der Waals surface area contributed by atoms with Gasteiger partial charge in [-0.3, -0.25) is 4.79 Å². The van der Waals surface area contributed by atoms with E-state index in [0.29, 0.717) is 11.8 Å². The predicted octanol–water partition coefficient (Wildman–Crippen LogP) is 2.34. The normalized spacial score (nSPS) is 22.3. The average Bonchev–Trinajstić information content (AvgIpc) is 2.66. The molecule has 4 heteroatoms. The van der Waals surface area contributed by atoms with Gasteiger partial charge in [0.05, 0.1) is 0 Å². The highest BCUT2D eigenvalue weighted by Crippen LogP contribution is 2.29. The summed E-state index contributed by atoms with van der Waals surface area (Å²) in [6, 6.07) is 0. The molecule has 0 amide bonds. The summed E-state index contributed by atoms with van der Waals surface area (Å²) in [6.07, 6.45) is 3.84. The molecular weight excluding hydrogens is 240 g/mol. The van der Waals surface area contributed by atoms with Gasteiger partial charge in [-0.2, -0.15) is 0 Å². The molecule has 112 valence electrons. The largest absolute Gasteiger partial charge is 0.480 e. The summed E-state index contributed by atoms with van der Waals surface area (Å²) >= 11 is 0. The summed E-state index contributed by atoms with van der Waals surface area (Å²) in [7, 11) is 0. The number of hydrogen-bond acceptors (Lipinski definition) is 3. The minimum Gasteiger partial charge on any atom is -0.480 e. The third-order valence-corrected chi connectivity index (χ3v) is 4.14. The maximum Gasteiger partial charge on any atom is 0.323 e. The SMILES string of the molecule is CCCNC(C)(CCCN1CCC(C)(C)C1)C(=O)O. The smallest absolute Gasteiger partial charge is 0.323 e. The molecule has 0 aromatic heterocycles. The molecule has 0 spiro atoms. The molecule has 4 nitrogen and oxygen atoms in total. The first-order valence-corrected chi connectivity index (χ1v) is 7.50. The lowest BCUT2D eigenvalue weighted by molar-refractivity contribution is -0.144. The van der Waals surface area contributed by atoms with E-state index < -0.39 is 11.5 Å². The van der Waals surface area contributed by atoms with Gasteiger partial charge in [-0.1, -0.05) is 20.8 Å². The number of nitrogens with one attached hydrogen (secondary N) is 1. The molecule has 0 bridgehead atoms. The Kier molecular flexibility index (Phi) is 5.81. The maximum absolute atomic E-state index is 11.4. The molecular formula is C15H30N2O2. The predicted molar refractivity (Wildman–Crippen MR) is 78.4 cm³/mol. The molecule has 1 fully saturated rings. The van der Waals surface area contributed by atoms with Crippen molar-refractivity contribution in [3.8, 4) is 0 Å². The fraction of sp³-hybridized carbons (Fsp3) is 0.933. The summed E-state index contributed by atoms with van der Waals surface area (Å²) < 4.78 is 0. The zero-order valence-corrected chi connectivity index (χ0v) is 13.0. The second-order valence-corrected chi connectivity index (χ2v) is 6.86. The monoisotopic (exact) mass is 270 g/mol. The van der Waals surface area contributed by atoms with Crippen LogP contribution < -0.4 is 5.32 Å². The van der Waals surface area contributed by atoms with E-state index in [1.807, 2.05) is 0 Å². The molecule has 1 unspecified atom stereocenters. The van der Waals surface area contributed by atoms with E-state index in [1.165, 1.54) is 6.42 Å². The highest BCUT2D eigenvalue weighted by atomic mass is 16.4. The van der Waals surface area contributed by atoms with Crippen LogP contribution in [0, 0.1) is 5.41 Å². The van der Waals surface area contributed by atoms with Crippen LogP contribution in [-0.2, 0) is 4.79 Å². The molecule has 0 aromatic carbocycles. The average molecular weight is 270 g/mol. The lowest BCUT2D eigenvalue weighted by Crippen LogP contribution is -2.50. The number of carboxylic acids is 1. The van der Waals surface area contributed by atoms with Gasteiger partial charge in [0.15, 0.2) is 0 Å². The number of aliphatic carboxylic acids is 1. The summed E-state index contributed by atoms with van der Waals surface area (Å²) in [5.74, 6) is -0.734. The number of nitrogens with zero attached hydrogens (tertiary/aromatic N) is 1. The van der Waals surface area contributed by atoms with E-state index in [9.17, 15) is 9.90 Å². The van der Waals surface area contributed by atoms with Crippen molar-refractivity contribution in [2.24, 2.45) is 5.41 Å². The summed E-state index contributed by atoms with van der Waals surface area (Å²) in [5.41, 5.74) is -0.345. The van der Waals surface area contributed by atoms with E-state index in [2.05, 4.69) is 31.0 Å². The standard InChI is InChI=1S/C15H30N2O2/c1-5-9-16-15(4,13(18)19)7-6-10-17-11-8-14(2,3)12-17/h16H,5-12H2,1-4H3,(H,18,19). The van der Waals surface area contributed by atoms with Crippen LogP contribution in [0.15, 0.2) is 0 Å². The fourth-order valence-electron chi connectivity index (χ4n) is 2.74. The molecule has 1 aliphatic rings. The molecule has 19 heavy (non-hydrogen) atoms. The van der Waals surface area contributed by atoms with Crippen LogP contribution in [-0.4, -0.2) is 47.7 Å². The highest BCUT2D eigenvalue weighted by molar-refractivity contribution is 5.78. The van der Waals surface area contributed by atoms with Crippen molar-refractivity contribution < 1.29 is 9.90 Å². The summed E-state index contributed by atoms with van der Waals surface area (Å²) in [6.45, 7) is 12.5. The number of hydrogen-bond donors (Lipinski definition) is 2. The van der Waals surface area contributed by atoms with Crippen LogP contribution in [0.4, 0.5) is 0 Å². The quantitative estimate of drug-likeness (QED) is 0.711. The number of rotatable bonds is 8. The molecule has 1 atom stereocenters. The van der Waals surface area contributed by atoms with Crippen LogP contribution in [0.3, 0.4) is 0 Å². The van der Waals surface area contributed by atoms with Crippen LogP contribution in [0.5, 0.6) is 0 Å². The Morgan fingerprint density at radius 1 is 1.47 bits per heavy atom. The third kappa shape index (κ3) is 5.11. The van der Waals surface area contributed by atoms with Crippen molar-refractivity contribution in [2.75, 3.05) is 26.2 Å². The molecule has 0 aromatic rings. The Balaban J connectivity index is 2.35. The third-order valence-electron chi connectivity index (χ3n) is 4.14. The maximum atomic E-state index is 11.4. The van der Waals surface area contributed by atoms with Crippen molar-refractivity contribution in [2.45, 2.75) is 58.9 Å². The van der Waals surface area contributed by atoms with Gasteiger partial charge in [-0.15, -0.1) is 0 Å². The van der Waals surface area contributed by atoms with E-state index in [-0.39, 0.29) is 0 Å². The first kappa shape index (κ1) is 16.4. The Hall–Kier alpha value is -0.610. The first-order valence-electron chi connectivity index (χ1n) is 7.50. The van der Waals surface area contributed by atoms with Crippen LogP contribution in [0.2, 0.25) is 0 Å². The van der Waals surface area contributed by atoms with E-state index in [4.69, 9.17) is 0 Å². The Bertz CT molecular complexity index is 305. The van der Waals surface area contributed by atoms with Crippen molar-refractivity contribution in [1.29, 1.82) is 0 Å². The molecule has 2 N–H and O–H groups in total. The number of likely N-dealkylation sites (tertiary alicyclic amines) is 1. The first-order chi connectivity index (χ1) is 8.79.